The Kier molecular flexibility index (Phi) is 5.56. The van der Waals surface area contributed by atoms with Crippen molar-refractivity contribution in [1.29, 1.82) is 0 Å². The van der Waals surface area contributed by atoms with E-state index in [0.29, 0.717) is 23.9 Å². The largest absolute Gasteiger partial charge is 0.378 e. The summed E-state index contributed by atoms with van der Waals surface area (Å²) in [6.45, 7) is 14.2. The highest BCUT2D eigenvalue weighted by molar-refractivity contribution is 4.72. The molecule has 0 amide bonds. The number of ether oxygens (including phenoxy) is 1. The lowest BCUT2D eigenvalue weighted by molar-refractivity contribution is -0.000821. The zero-order valence-electron chi connectivity index (χ0n) is 9.42. The highest BCUT2D eigenvalue weighted by Crippen LogP contribution is 2.25. The number of rotatable bonds is 5. The van der Waals surface area contributed by atoms with Crippen LogP contribution in [0.4, 0.5) is 0 Å². The summed E-state index contributed by atoms with van der Waals surface area (Å²) < 4.78 is 5.63. The monoisotopic (exact) mass is 172 g/mol. The Hall–Kier alpha value is -0.0400. The second kappa shape index (κ2) is 5.58. The van der Waals surface area contributed by atoms with E-state index in [1.54, 1.807) is 0 Å². The van der Waals surface area contributed by atoms with E-state index in [2.05, 4.69) is 41.5 Å². The Bertz CT molecular complexity index is 99.6. The third-order valence-electron chi connectivity index (χ3n) is 2.51. The van der Waals surface area contributed by atoms with Crippen LogP contribution in [0.2, 0.25) is 0 Å². The molecule has 0 aliphatic carbocycles. The molecule has 0 N–H and O–H groups in total. The van der Waals surface area contributed by atoms with Gasteiger partial charge in [0, 0.05) is 6.61 Å². The second-order valence-corrected chi connectivity index (χ2v) is 4.23. The molecule has 0 bridgehead atoms. The van der Waals surface area contributed by atoms with Gasteiger partial charge in [-0.15, -0.1) is 0 Å². The first-order valence-corrected chi connectivity index (χ1v) is 5.12. The first-order valence-electron chi connectivity index (χ1n) is 5.12. The second-order valence-electron chi connectivity index (χ2n) is 4.23. The van der Waals surface area contributed by atoms with Crippen LogP contribution in [0.5, 0.6) is 0 Å². The van der Waals surface area contributed by atoms with Crippen molar-refractivity contribution in [1.82, 2.24) is 0 Å². The fourth-order valence-electron chi connectivity index (χ4n) is 2.23. The molecule has 0 saturated carbocycles. The van der Waals surface area contributed by atoms with Crippen molar-refractivity contribution in [3.63, 3.8) is 0 Å². The molecule has 0 rings (SSSR count). The summed E-state index contributed by atoms with van der Waals surface area (Å²) in [4.78, 5) is 0. The molecule has 0 fully saturated rings. The maximum absolute atomic E-state index is 5.63. The summed E-state index contributed by atoms with van der Waals surface area (Å²) in [5.74, 6) is 2.11. The van der Waals surface area contributed by atoms with Crippen molar-refractivity contribution in [2.24, 2.45) is 17.8 Å². The molecule has 1 atom stereocenters. The van der Waals surface area contributed by atoms with Gasteiger partial charge in [0.15, 0.2) is 0 Å². The van der Waals surface area contributed by atoms with E-state index in [9.17, 15) is 0 Å². The lowest BCUT2D eigenvalue weighted by Gasteiger charge is -2.30. The number of hydrogen-bond acceptors (Lipinski definition) is 1. The predicted molar refractivity (Wildman–Crippen MR) is 54.3 cm³/mol. The molecular formula is C11H24O. The van der Waals surface area contributed by atoms with Crippen LogP contribution < -0.4 is 0 Å². The molecule has 0 aromatic rings. The van der Waals surface area contributed by atoms with Gasteiger partial charge < -0.3 is 4.74 Å². The molecule has 0 spiro atoms. The predicted octanol–water partition coefficient (Wildman–Crippen LogP) is 3.34. The van der Waals surface area contributed by atoms with E-state index >= 15 is 0 Å². The summed E-state index contributed by atoms with van der Waals surface area (Å²) >= 11 is 0. The Morgan fingerprint density at radius 2 is 1.33 bits per heavy atom. The lowest BCUT2D eigenvalue weighted by atomic mass is 9.82. The van der Waals surface area contributed by atoms with Gasteiger partial charge in [-0.2, -0.15) is 0 Å². The average Bonchev–Trinajstić information content (AvgIpc) is 1.85. The Morgan fingerprint density at radius 3 is 1.58 bits per heavy atom. The first-order chi connectivity index (χ1) is 5.50. The fourth-order valence-corrected chi connectivity index (χ4v) is 2.23. The fraction of sp³-hybridized carbons (Fsp3) is 1.00. The van der Waals surface area contributed by atoms with Gasteiger partial charge in [0.1, 0.15) is 0 Å². The van der Waals surface area contributed by atoms with Crippen LogP contribution in [0.25, 0.3) is 0 Å². The zero-order valence-corrected chi connectivity index (χ0v) is 9.42. The van der Waals surface area contributed by atoms with Gasteiger partial charge in [0.25, 0.3) is 0 Å². The number of hydrogen-bond donors (Lipinski definition) is 0. The molecule has 0 heterocycles. The molecule has 0 saturated heterocycles. The van der Waals surface area contributed by atoms with E-state index in [1.807, 2.05) is 0 Å². The summed E-state index contributed by atoms with van der Waals surface area (Å²) in [7, 11) is 0. The van der Waals surface area contributed by atoms with Crippen LogP contribution in [0.3, 0.4) is 0 Å². The standard InChI is InChI=1S/C11H24O/c1-7-12-10(6)11(8(2)3)9(4)5/h8-11H,7H2,1-6H3. The van der Waals surface area contributed by atoms with Crippen LogP contribution in [-0.4, -0.2) is 12.7 Å². The lowest BCUT2D eigenvalue weighted by Crippen LogP contribution is -2.29. The molecule has 0 radical (unpaired) electrons. The van der Waals surface area contributed by atoms with Crippen molar-refractivity contribution in [3.8, 4) is 0 Å². The summed E-state index contributed by atoms with van der Waals surface area (Å²) in [5, 5.41) is 0. The molecule has 1 nitrogen and oxygen atoms in total. The third kappa shape index (κ3) is 3.57. The van der Waals surface area contributed by atoms with Crippen molar-refractivity contribution < 1.29 is 4.74 Å². The highest BCUT2D eigenvalue weighted by atomic mass is 16.5. The maximum Gasteiger partial charge on any atom is 0.0579 e. The minimum atomic E-state index is 0.398. The third-order valence-corrected chi connectivity index (χ3v) is 2.51. The average molecular weight is 172 g/mol. The van der Waals surface area contributed by atoms with Crippen LogP contribution in [-0.2, 0) is 4.74 Å². The SMILES string of the molecule is CCOC(C)C(C(C)C)C(C)C. The van der Waals surface area contributed by atoms with Crippen LogP contribution in [0, 0.1) is 17.8 Å². The normalized spacial score (nSPS) is 14.8. The van der Waals surface area contributed by atoms with Crippen LogP contribution in [0.1, 0.15) is 41.5 Å². The van der Waals surface area contributed by atoms with Crippen LogP contribution in [0.15, 0.2) is 0 Å². The molecule has 74 valence electrons. The van der Waals surface area contributed by atoms with Crippen molar-refractivity contribution >= 4 is 0 Å². The van der Waals surface area contributed by atoms with Gasteiger partial charge in [0.05, 0.1) is 6.10 Å². The summed E-state index contributed by atoms with van der Waals surface area (Å²) in [6, 6.07) is 0. The summed E-state index contributed by atoms with van der Waals surface area (Å²) in [6.07, 6.45) is 0.398. The van der Waals surface area contributed by atoms with Gasteiger partial charge in [-0.05, 0) is 31.6 Å². The molecule has 0 aliphatic heterocycles. The minimum Gasteiger partial charge on any atom is -0.378 e. The van der Waals surface area contributed by atoms with Crippen molar-refractivity contribution in [3.05, 3.63) is 0 Å². The van der Waals surface area contributed by atoms with E-state index in [0.717, 1.165) is 6.61 Å². The van der Waals surface area contributed by atoms with Crippen molar-refractivity contribution in [2.45, 2.75) is 47.6 Å². The minimum absolute atomic E-state index is 0.398. The van der Waals surface area contributed by atoms with Gasteiger partial charge in [-0.1, -0.05) is 27.7 Å². The molecule has 1 heteroatoms. The smallest absolute Gasteiger partial charge is 0.0579 e. The molecule has 12 heavy (non-hydrogen) atoms. The highest BCUT2D eigenvalue weighted by Gasteiger charge is 2.23. The van der Waals surface area contributed by atoms with Gasteiger partial charge in [-0.25, -0.2) is 0 Å². The quantitative estimate of drug-likeness (QED) is 0.618. The van der Waals surface area contributed by atoms with Gasteiger partial charge in [0.2, 0.25) is 0 Å². The van der Waals surface area contributed by atoms with E-state index in [1.165, 1.54) is 0 Å². The molecule has 0 aliphatic rings. The zero-order chi connectivity index (χ0) is 9.72. The molecule has 0 aromatic carbocycles. The van der Waals surface area contributed by atoms with Crippen molar-refractivity contribution in [2.75, 3.05) is 6.61 Å². The van der Waals surface area contributed by atoms with E-state index in [4.69, 9.17) is 4.74 Å². The first kappa shape index (κ1) is 12.0. The summed E-state index contributed by atoms with van der Waals surface area (Å²) in [5.41, 5.74) is 0. The van der Waals surface area contributed by atoms with E-state index < -0.39 is 0 Å². The molecule has 1 unspecified atom stereocenters. The maximum atomic E-state index is 5.63. The topological polar surface area (TPSA) is 9.23 Å². The molecule has 0 aromatic heterocycles. The van der Waals surface area contributed by atoms with Gasteiger partial charge in [-0.3, -0.25) is 0 Å². The molecular weight excluding hydrogens is 148 g/mol. The van der Waals surface area contributed by atoms with E-state index in [-0.39, 0.29) is 0 Å². The Morgan fingerprint density at radius 1 is 0.917 bits per heavy atom. The van der Waals surface area contributed by atoms with Gasteiger partial charge >= 0.3 is 0 Å². The van der Waals surface area contributed by atoms with Crippen LogP contribution >= 0.6 is 0 Å². The Balaban J connectivity index is 4.09. The Labute approximate surface area is 77.5 Å².